The first-order valence-corrected chi connectivity index (χ1v) is 18.3. The average molecular weight is 759 g/mol. The number of primary amides is 1. The molecule has 14 nitrogen and oxygen atoms in total. The number of nitrogens with one attached hydrogen (secondary N) is 4. The lowest BCUT2D eigenvalue weighted by Crippen LogP contribution is -2.97. The maximum absolute atomic E-state index is 13.8. The quantitative estimate of drug-likeness (QED) is 0.117. The lowest BCUT2D eigenvalue weighted by molar-refractivity contribution is -0.720. The molecule has 1 unspecified atom stereocenters. The van der Waals surface area contributed by atoms with Crippen LogP contribution >= 0.6 is 0 Å². The fourth-order valence-corrected chi connectivity index (χ4v) is 6.14. The van der Waals surface area contributed by atoms with Gasteiger partial charge in [0, 0.05) is 0 Å². The Hall–Kier alpha value is -5.09. The van der Waals surface area contributed by atoms with Crippen LogP contribution in [0, 0.1) is 0 Å². The zero-order chi connectivity index (χ0) is 40.8. The molecule has 3 atom stereocenters. The number of hydrogen-bond donors (Lipinski definition) is 6. The lowest BCUT2D eigenvalue weighted by Gasteiger charge is -2.37. The van der Waals surface area contributed by atoms with Crippen molar-refractivity contribution >= 4 is 41.8 Å². The van der Waals surface area contributed by atoms with Crippen LogP contribution in [0.25, 0.3) is 0 Å². The van der Waals surface area contributed by atoms with Gasteiger partial charge in [0.2, 0.25) is 23.6 Å². The molecular weight excluding hydrogens is 703 g/mol. The van der Waals surface area contributed by atoms with Gasteiger partial charge in [-0.05, 0) is 79.2 Å². The van der Waals surface area contributed by atoms with Gasteiger partial charge in [-0.2, -0.15) is 0 Å². The number of amides is 5. The fourth-order valence-electron chi connectivity index (χ4n) is 6.14. The van der Waals surface area contributed by atoms with E-state index in [1.54, 1.807) is 21.0 Å². The van der Waals surface area contributed by atoms with E-state index >= 15 is 0 Å². The summed E-state index contributed by atoms with van der Waals surface area (Å²) in [4.78, 5) is 64.2. The molecule has 1 aliphatic heterocycles. The van der Waals surface area contributed by atoms with Gasteiger partial charge >= 0.3 is 6.75 Å². The molecule has 5 amide bonds. The van der Waals surface area contributed by atoms with Gasteiger partial charge in [0.15, 0.2) is 5.54 Å². The van der Waals surface area contributed by atoms with Crippen molar-refractivity contribution in [3.63, 3.8) is 0 Å². The van der Waals surface area contributed by atoms with E-state index in [0.717, 1.165) is 16.7 Å². The molecule has 0 bridgehead atoms. The topological polar surface area (TPSA) is 204 Å². The number of nitrogens with two attached hydrogens (primary N) is 2. The monoisotopic (exact) mass is 758 g/mol. The largest absolute Gasteiger partial charge is 0.543 e. The Bertz CT molecular complexity index is 1820. The second kappa shape index (κ2) is 16.7. The van der Waals surface area contributed by atoms with E-state index in [9.17, 15) is 24.0 Å². The normalized spacial score (nSPS) is 18.9. The third-order valence-corrected chi connectivity index (χ3v) is 9.75. The molecule has 4 rings (SSSR count). The molecular formula is C40H55BN6O8. The summed E-state index contributed by atoms with van der Waals surface area (Å²) in [5, 5.41) is 12.3. The first-order chi connectivity index (χ1) is 25.6. The summed E-state index contributed by atoms with van der Waals surface area (Å²) in [7, 11) is 1.57. The van der Waals surface area contributed by atoms with E-state index in [1.807, 2.05) is 90.2 Å². The van der Waals surface area contributed by atoms with Crippen LogP contribution in [0.3, 0.4) is 0 Å². The number of rotatable bonds is 16. The first-order valence-electron chi connectivity index (χ1n) is 18.3. The molecule has 0 spiro atoms. The molecule has 3 aromatic carbocycles. The van der Waals surface area contributed by atoms with Crippen LogP contribution < -0.4 is 37.8 Å². The Balaban J connectivity index is 1.46. The summed E-state index contributed by atoms with van der Waals surface area (Å²) >= 11 is 0. The van der Waals surface area contributed by atoms with Gasteiger partial charge in [-0.1, -0.05) is 84.9 Å². The molecule has 0 aliphatic carbocycles. The van der Waals surface area contributed by atoms with Crippen molar-refractivity contribution in [1.82, 2.24) is 21.3 Å². The lowest BCUT2D eigenvalue weighted by atomic mass is 9.67. The van der Waals surface area contributed by atoms with Gasteiger partial charge in [-0.15, -0.1) is 5.46 Å². The molecule has 1 fully saturated rings. The van der Waals surface area contributed by atoms with Crippen LogP contribution in [0.5, 0.6) is 0 Å². The summed E-state index contributed by atoms with van der Waals surface area (Å²) in [6, 6.07) is 27.4. The zero-order valence-electron chi connectivity index (χ0n) is 33.1. The predicted octanol–water partition coefficient (Wildman–Crippen LogP) is 1.14. The van der Waals surface area contributed by atoms with Gasteiger partial charge in [-0.25, -0.2) is 0 Å². The first kappa shape index (κ1) is 42.7. The van der Waals surface area contributed by atoms with Gasteiger partial charge in [0.1, 0.15) is 16.6 Å². The standard InChI is InChI=1S/C40H54BN6O8/c1-37(2,34(50)45-39(5,6)36(52)47-40(7,8)35(51)46-38(3,4)33(49)43-25-30(42)48)44-24-28-22-16-17-23-29(28)41(53-9)54-31(26-18-12-10-13-19-26)32(55-41)27-20-14-11-15-21-27/h10-23,31-32,44H,24-25H2,1-9H3,(H2,42,48)(H,43,49)(H,45,50)(H,46,51)(H,47,52)/q-1/p+1/t31-,32+,41?. The summed E-state index contributed by atoms with van der Waals surface area (Å²) in [5.41, 5.74) is 3.12. The van der Waals surface area contributed by atoms with E-state index in [1.165, 1.54) is 41.5 Å². The second-order valence-corrected chi connectivity index (χ2v) is 16.0. The van der Waals surface area contributed by atoms with Gasteiger partial charge in [0.05, 0.1) is 25.3 Å². The molecule has 1 saturated heterocycles. The molecule has 0 radical (unpaired) electrons. The van der Waals surface area contributed by atoms with Gasteiger partial charge in [0.25, 0.3) is 5.91 Å². The second-order valence-electron chi connectivity index (χ2n) is 16.0. The zero-order valence-corrected chi connectivity index (χ0v) is 33.1. The molecule has 15 heteroatoms. The highest BCUT2D eigenvalue weighted by Gasteiger charge is 2.47. The Kier molecular flexibility index (Phi) is 13.0. The summed E-state index contributed by atoms with van der Waals surface area (Å²) < 4.78 is 19.7. The smallest absolute Gasteiger partial charge is 0.410 e. The van der Waals surface area contributed by atoms with Crippen LogP contribution in [0.1, 0.15) is 84.3 Å². The molecule has 0 aromatic heterocycles. The number of hydrogen-bond acceptors (Lipinski definition) is 8. The molecule has 8 N–H and O–H groups in total. The SMILES string of the molecule is CO[B-]1(c2ccccc2C[NH2+]C(C)(C)C(=O)NC(C)(C)C(=O)NC(C)(C)C(=O)NC(C)(C)C(=O)NCC(N)=O)O[C@H](c2ccccc2)[C@H](c2ccccc2)O1. The van der Waals surface area contributed by atoms with Crippen molar-refractivity contribution in [2.24, 2.45) is 5.73 Å². The van der Waals surface area contributed by atoms with E-state index in [4.69, 9.17) is 19.7 Å². The van der Waals surface area contributed by atoms with Crippen molar-refractivity contribution < 1.29 is 43.3 Å². The van der Waals surface area contributed by atoms with Crippen molar-refractivity contribution in [2.45, 2.75) is 96.3 Å². The van der Waals surface area contributed by atoms with Crippen LogP contribution in [0.4, 0.5) is 0 Å². The minimum atomic E-state index is -2.43. The molecule has 1 heterocycles. The highest BCUT2D eigenvalue weighted by atomic mass is 16.8. The Morgan fingerprint density at radius 1 is 0.655 bits per heavy atom. The van der Waals surface area contributed by atoms with Crippen molar-refractivity contribution in [3.05, 3.63) is 102 Å². The van der Waals surface area contributed by atoms with Gasteiger partial charge in [-0.3, -0.25) is 24.0 Å². The molecule has 55 heavy (non-hydrogen) atoms. The number of carbonyl (C=O) groups is 5. The minimum absolute atomic E-state index is 0.338. The Labute approximate surface area is 323 Å². The number of carbonyl (C=O) groups excluding carboxylic acids is 5. The van der Waals surface area contributed by atoms with Crippen molar-refractivity contribution in [2.75, 3.05) is 13.7 Å². The summed E-state index contributed by atoms with van der Waals surface area (Å²) in [5.74, 6) is -3.08. The number of benzene rings is 3. The van der Waals surface area contributed by atoms with E-state index < -0.39 is 77.2 Å². The van der Waals surface area contributed by atoms with E-state index in [0.29, 0.717) is 12.0 Å². The molecule has 1 aliphatic rings. The minimum Gasteiger partial charge on any atom is -0.543 e. The molecule has 0 saturated carbocycles. The number of quaternary nitrogens is 1. The maximum Gasteiger partial charge on any atom is 0.410 e. The summed E-state index contributed by atoms with van der Waals surface area (Å²) in [6.07, 6.45) is -0.905. The molecule has 296 valence electrons. The average Bonchev–Trinajstić information content (AvgIpc) is 3.54. The maximum atomic E-state index is 13.8. The van der Waals surface area contributed by atoms with E-state index in [-0.39, 0.29) is 0 Å². The van der Waals surface area contributed by atoms with Crippen LogP contribution in [-0.4, -0.2) is 72.1 Å². The third-order valence-electron chi connectivity index (χ3n) is 9.75. The van der Waals surface area contributed by atoms with Crippen molar-refractivity contribution in [1.29, 1.82) is 0 Å². The third kappa shape index (κ3) is 10.2. The van der Waals surface area contributed by atoms with Crippen molar-refractivity contribution in [3.8, 4) is 0 Å². The van der Waals surface area contributed by atoms with Gasteiger partial charge < -0.3 is 46.3 Å². The highest BCUT2D eigenvalue weighted by Crippen LogP contribution is 2.45. The van der Waals surface area contributed by atoms with Crippen LogP contribution in [0.15, 0.2) is 84.9 Å². The Morgan fingerprint density at radius 2 is 1.07 bits per heavy atom. The fraction of sp³-hybridized carbons (Fsp3) is 0.425. The van der Waals surface area contributed by atoms with E-state index in [2.05, 4.69) is 21.3 Å². The molecule has 3 aromatic rings. The highest BCUT2D eigenvalue weighted by molar-refractivity contribution is 6.76. The van der Waals surface area contributed by atoms with Crippen LogP contribution in [0.2, 0.25) is 0 Å². The predicted molar refractivity (Wildman–Crippen MR) is 208 cm³/mol. The Morgan fingerprint density at radius 3 is 1.53 bits per heavy atom. The van der Waals surface area contributed by atoms with Crippen LogP contribution in [-0.2, 0) is 44.5 Å². The summed E-state index contributed by atoms with van der Waals surface area (Å²) in [6.45, 7) is 9.93.